The topological polar surface area (TPSA) is 123 Å². The highest BCUT2D eigenvalue weighted by Crippen LogP contribution is 2.11. The van der Waals surface area contributed by atoms with Crippen molar-refractivity contribution in [3.05, 3.63) is 59.7 Å². The number of nitrogens with one attached hydrogen (secondary N) is 2. The standard InChI is InChI=1S/C18H18N4O4/c1-12-5-7-14(8-6-12)21-17(24)18(25)22-20-10-13-3-2-4-15(9-13)26-11-16(19)23/h2-10H,11H2,1H3,(H2,19,23)(H,21,24)(H,22,25)/b20-10-. The number of primary amides is 1. The molecular weight excluding hydrogens is 336 g/mol. The summed E-state index contributed by atoms with van der Waals surface area (Å²) in [6.07, 6.45) is 1.34. The van der Waals surface area contributed by atoms with Gasteiger partial charge in [0.15, 0.2) is 6.61 Å². The van der Waals surface area contributed by atoms with Crippen LogP contribution in [0.1, 0.15) is 11.1 Å². The third-order valence-corrected chi connectivity index (χ3v) is 3.13. The van der Waals surface area contributed by atoms with E-state index in [4.69, 9.17) is 10.5 Å². The van der Waals surface area contributed by atoms with E-state index in [1.54, 1.807) is 36.4 Å². The molecule has 0 aromatic heterocycles. The largest absolute Gasteiger partial charge is 0.484 e. The van der Waals surface area contributed by atoms with Crippen LogP contribution in [0.3, 0.4) is 0 Å². The van der Waals surface area contributed by atoms with Gasteiger partial charge in [-0.3, -0.25) is 14.4 Å². The molecule has 0 aliphatic rings. The van der Waals surface area contributed by atoms with Crippen LogP contribution >= 0.6 is 0 Å². The highest BCUT2D eigenvalue weighted by Gasteiger charge is 2.12. The Morgan fingerprint density at radius 1 is 1.12 bits per heavy atom. The number of carbonyl (C=O) groups excluding carboxylic acids is 3. The van der Waals surface area contributed by atoms with E-state index in [1.807, 2.05) is 19.1 Å². The lowest BCUT2D eigenvalue weighted by molar-refractivity contribution is -0.136. The van der Waals surface area contributed by atoms with Crippen LogP contribution in [0.15, 0.2) is 53.6 Å². The van der Waals surface area contributed by atoms with Gasteiger partial charge in [0.1, 0.15) is 5.75 Å². The quantitative estimate of drug-likeness (QED) is 0.406. The predicted octanol–water partition coefficient (Wildman–Crippen LogP) is 0.948. The van der Waals surface area contributed by atoms with Gasteiger partial charge in [-0.25, -0.2) is 5.43 Å². The summed E-state index contributed by atoms with van der Waals surface area (Å²) in [5.74, 6) is -1.89. The highest BCUT2D eigenvalue weighted by molar-refractivity contribution is 6.39. The van der Waals surface area contributed by atoms with Crippen molar-refractivity contribution >= 4 is 29.6 Å². The monoisotopic (exact) mass is 354 g/mol. The number of nitrogens with zero attached hydrogens (tertiary/aromatic N) is 1. The number of benzene rings is 2. The Hall–Kier alpha value is -3.68. The van der Waals surface area contributed by atoms with Crippen LogP contribution in [0.2, 0.25) is 0 Å². The fraction of sp³-hybridized carbons (Fsp3) is 0.111. The molecule has 0 aliphatic carbocycles. The molecular formula is C18H18N4O4. The Kier molecular flexibility index (Phi) is 6.44. The Bertz CT molecular complexity index is 831. The Labute approximate surface area is 150 Å². The summed E-state index contributed by atoms with van der Waals surface area (Å²) < 4.78 is 5.16. The fourth-order valence-electron chi connectivity index (χ4n) is 1.88. The molecule has 0 fully saturated rings. The second-order valence-corrected chi connectivity index (χ2v) is 5.35. The van der Waals surface area contributed by atoms with Gasteiger partial charge in [-0.05, 0) is 36.8 Å². The van der Waals surface area contributed by atoms with Crippen molar-refractivity contribution in [1.29, 1.82) is 0 Å². The summed E-state index contributed by atoms with van der Waals surface area (Å²) in [6, 6.07) is 13.7. The predicted molar refractivity (Wildman–Crippen MR) is 96.7 cm³/mol. The molecule has 0 saturated heterocycles. The lowest BCUT2D eigenvalue weighted by atomic mass is 10.2. The fourth-order valence-corrected chi connectivity index (χ4v) is 1.88. The van der Waals surface area contributed by atoms with Crippen molar-refractivity contribution in [1.82, 2.24) is 5.43 Å². The van der Waals surface area contributed by atoms with Crippen molar-refractivity contribution < 1.29 is 19.1 Å². The lowest BCUT2D eigenvalue weighted by Crippen LogP contribution is -2.32. The van der Waals surface area contributed by atoms with Crippen molar-refractivity contribution in [2.24, 2.45) is 10.8 Å². The van der Waals surface area contributed by atoms with Gasteiger partial charge in [0, 0.05) is 5.69 Å². The summed E-state index contributed by atoms with van der Waals surface area (Å²) in [7, 11) is 0. The van der Waals surface area contributed by atoms with Crippen LogP contribution in [-0.4, -0.2) is 30.5 Å². The number of anilines is 1. The normalized spacial score (nSPS) is 10.3. The second-order valence-electron chi connectivity index (χ2n) is 5.35. The minimum atomic E-state index is -0.900. The van der Waals surface area contributed by atoms with Crippen LogP contribution < -0.4 is 21.2 Å². The molecule has 0 bridgehead atoms. The van der Waals surface area contributed by atoms with Crippen molar-refractivity contribution in [3.8, 4) is 5.75 Å². The number of hydrazone groups is 1. The minimum absolute atomic E-state index is 0.240. The molecule has 134 valence electrons. The van der Waals surface area contributed by atoms with Gasteiger partial charge in [-0.1, -0.05) is 29.8 Å². The summed E-state index contributed by atoms with van der Waals surface area (Å²) in [4.78, 5) is 34.2. The number of aryl methyl sites for hydroxylation is 1. The zero-order chi connectivity index (χ0) is 18.9. The van der Waals surface area contributed by atoms with Gasteiger partial charge in [0.25, 0.3) is 5.91 Å². The smallest absolute Gasteiger partial charge is 0.329 e. The van der Waals surface area contributed by atoms with Gasteiger partial charge in [0.2, 0.25) is 0 Å². The molecule has 8 heteroatoms. The van der Waals surface area contributed by atoms with E-state index in [1.165, 1.54) is 6.21 Å². The third-order valence-electron chi connectivity index (χ3n) is 3.13. The van der Waals surface area contributed by atoms with Crippen molar-refractivity contribution in [2.45, 2.75) is 6.92 Å². The maximum Gasteiger partial charge on any atom is 0.329 e. The van der Waals surface area contributed by atoms with Gasteiger partial charge in [0.05, 0.1) is 6.21 Å². The molecule has 2 aromatic carbocycles. The van der Waals surface area contributed by atoms with Gasteiger partial charge in [-0.2, -0.15) is 5.10 Å². The molecule has 4 N–H and O–H groups in total. The van der Waals surface area contributed by atoms with Gasteiger partial charge < -0.3 is 15.8 Å². The zero-order valence-corrected chi connectivity index (χ0v) is 14.1. The van der Waals surface area contributed by atoms with E-state index in [0.717, 1.165) is 5.56 Å². The first-order valence-corrected chi connectivity index (χ1v) is 7.66. The average molecular weight is 354 g/mol. The second kappa shape index (κ2) is 8.97. The van der Waals surface area contributed by atoms with E-state index < -0.39 is 17.7 Å². The van der Waals surface area contributed by atoms with Crippen molar-refractivity contribution in [3.63, 3.8) is 0 Å². The maximum absolute atomic E-state index is 11.8. The Balaban J connectivity index is 1.87. The summed E-state index contributed by atoms with van der Waals surface area (Å²) >= 11 is 0. The molecule has 8 nitrogen and oxygen atoms in total. The molecule has 0 saturated carbocycles. The summed E-state index contributed by atoms with van der Waals surface area (Å²) in [5.41, 5.74) is 9.30. The number of ether oxygens (including phenoxy) is 1. The third kappa shape index (κ3) is 6.08. The number of rotatable bonds is 6. The first-order chi connectivity index (χ1) is 12.4. The van der Waals surface area contributed by atoms with Gasteiger partial charge in [-0.15, -0.1) is 0 Å². The molecule has 2 rings (SSSR count). The van der Waals surface area contributed by atoms with E-state index >= 15 is 0 Å². The SMILES string of the molecule is Cc1ccc(NC(=O)C(=O)N/N=C\c2cccc(OCC(N)=O)c2)cc1. The molecule has 0 atom stereocenters. The van der Waals surface area contributed by atoms with Crippen LogP contribution in [0.25, 0.3) is 0 Å². The minimum Gasteiger partial charge on any atom is -0.484 e. The molecule has 3 amide bonds. The Morgan fingerprint density at radius 3 is 2.54 bits per heavy atom. The van der Waals surface area contributed by atoms with Crippen LogP contribution in [0, 0.1) is 6.92 Å². The molecule has 2 aromatic rings. The molecule has 0 unspecified atom stereocenters. The van der Waals surface area contributed by atoms with Crippen molar-refractivity contribution in [2.75, 3.05) is 11.9 Å². The number of carbonyl (C=O) groups is 3. The zero-order valence-electron chi connectivity index (χ0n) is 14.1. The van der Waals surface area contributed by atoms with E-state index in [2.05, 4.69) is 15.8 Å². The molecule has 0 heterocycles. The first kappa shape index (κ1) is 18.7. The average Bonchev–Trinajstić information content (AvgIpc) is 2.62. The number of nitrogens with two attached hydrogens (primary N) is 1. The van der Waals surface area contributed by atoms with E-state index in [9.17, 15) is 14.4 Å². The van der Waals surface area contributed by atoms with E-state index in [0.29, 0.717) is 17.0 Å². The molecule has 0 radical (unpaired) electrons. The maximum atomic E-state index is 11.8. The number of amides is 3. The molecule has 0 spiro atoms. The molecule has 0 aliphatic heterocycles. The van der Waals surface area contributed by atoms with E-state index in [-0.39, 0.29) is 6.61 Å². The number of hydrogen-bond acceptors (Lipinski definition) is 5. The van der Waals surface area contributed by atoms with Crippen LogP contribution in [0.5, 0.6) is 5.75 Å². The lowest BCUT2D eigenvalue weighted by Gasteiger charge is -2.05. The van der Waals surface area contributed by atoms with Crippen LogP contribution in [-0.2, 0) is 14.4 Å². The molecule has 26 heavy (non-hydrogen) atoms. The summed E-state index contributed by atoms with van der Waals surface area (Å²) in [5, 5.41) is 6.19. The van der Waals surface area contributed by atoms with Crippen LogP contribution in [0.4, 0.5) is 5.69 Å². The Morgan fingerprint density at radius 2 is 1.85 bits per heavy atom. The number of hydrogen-bond donors (Lipinski definition) is 3. The highest BCUT2D eigenvalue weighted by atomic mass is 16.5. The first-order valence-electron chi connectivity index (χ1n) is 7.66. The summed E-state index contributed by atoms with van der Waals surface area (Å²) in [6.45, 7) is 1.68. The van der Waals surface area contributed by atoms with Gasteiger partial charge >= 0.3 is 11.8 Å².